The third-order valence-corrected chi connectivity index (χ3v) is 4.36. The fourth-order valence-corrected chi connectivity index (χ4v) is 3.02. The number of nitrogens with zero attached hydrogens (tertiary/aromatic N) is 3. The van der Waals surface area contributed by atoms with Gasteiger partial charge >= 0.3 is 0 Å². The Labute approximate surface area is 153 Å². The molecule has 2 aromatic carbocycles. The molecule has 6 nitrogen and oxygen atoms in total. The summed E-state index contributed by atoms with van der Waals surface area (Å²) >= 11 is 0. The van der Waals surface area contributed by atoms with Gasteiger partial charge in [0, 0.05) is 24.2 Å². The van der Waals surface area contributed by atoms with Gasteiger partial charge in [-0.25, -0.2) is 18.7 Å². The standard InChI is InChI=1S/C19H16F2N4O2/c20-12-1-4-16(21)15(9-12)19(26)24-13-2-3-14-17(10-13)22-11-23-18(14)25-5-7-27-8-6-25/h1-4,9-11H,5-8H2,(H,24,26). The van der Waals surface area contributed by atoms with Crippen LogP contribution in [0.2, 0.25) is 0 Å². The number of carbonyl (C=O) groups excluding carboxylic acids is 1. The van der Waals surface area contributed by atoms with E-state index < -0.39 is 17.5 Å². The molecule has 1 aliphatic heterocycles. The van der Waals surface area contributed by atoms with Gasteiger partial charge in [0.1, 0.15) is 23.8 Å². The van der Waals surface area contributed by atoms with Crippen molar-refractivity contribution in [3.63, 3.8) is 0 Å². The van der Waals surface area contributed by atoms with Gasteiger partial charge in [-0.2, -0.15) is 0 Å². The molecule has 0 atom stereocenters. The summed E-state index contributed by atoms with van der Waals surface area (Å²) in [6.45, 7) is 2.75. The van der Waals surface area contributed by atoms with Crippen LogP contribution in [0.25, 0.3) is 10.9 Å². The van der Waals surface area contributed by atoms with Crippen molar-refractivity contribution in [3.8, 4) is 0 Å². The van der Waals surface area contributed by atoms with Gasteiger partial charge in [-0.1, -0.05) is 0 Å². The lowest BCUT2D eigenvalue weighted by Gasteiger charge is -2.28. The van der Waals surface area contributed by atoms with Crippen LogP contribution in [0.3, 0.4) is 0 Å². The zero-order valence-corrected chi connectivity index (χ0v) is 14.3. The van der Waals surface area contributed by atoms with Gasteiger partial charge in [0.05, 0.1) is 24.3 Å². The van der Waals surface area contributed by atoms with E-state index in [1.54, 1.807) is 18.2 Å². The van der Waals surface area contributed by atoms with Crippen LogP contribution in [-0.2, 0) is 4.74 Å². The van der Waals surface area contributed by atoms with Crippen LogP contribution in [0.1, 0.15) is 10.4 Å². The van der Waals surface area contributed by atoms with E-state index in [9.17, 15) is 13.6 Å². The maximum atomic E-state index is 13.8. The number of ether oxygens (including phenoxy) is 1. The third-order valence-electron chi connectivity index (χ3n) is 4.36. The Morgan fingerprint density at radius 2 is 1.89 bits per heavy atom. The first kappa shape index (κ1) is 17.3. The number of aromatic nitrogens is 2. The smallest absolute Gasteiger partial charge is 0.258 e. The first-order chi connectivity index (χ1) is 13.1. The summed E-state index contributed by atoms with van der Waals surface area (Å²) in [5, 5.41) is 3.42. The first-order valence-electron chi connectivity index (χ1n) is 8.46. The van der Waals surface area contributed by atoms with Crippen molar-refractivity contribution in [2.75, 3.05) is 36.5 Å². The number of rotatable bonds is 3. The number of amides is 1. The van der Waals surface area contributed by atoms with E-state index in [-0.39, 0.29) is 5.56 Å². The van der Waals surface area contributed by atoms with Crippen LogP contribution in [-0.4, -0.2) is 42.2 Å². The van der Waals surface area contributed by atoms with Crippen molar-refractivity contribution in [3.05, 3.63) is 59.9 Å². The van der Waals surface area contributed by atoms with Crippen LogP contribution in [0, 0.1) is 11.6 Å². The van der Waals surface area contributed by atoms with Crippen LogP contribution in [0.4, 0.5) is 20.3 Å². The Morgan fingerprint density at radius 1 is 1.07 bits per heavy atom. The molecule has 1 fully saturated rings. The second kappa shape index (κ2) is 7.24. The van der Waals surface area contributed by atoms with Gasteiger partial charge in [0.15, 0.2) is 0 Å². The van der Waals surface area contributed by atoms with Crippen LogP contribution < -0.4 is 10.2 Å². The van der Waals surface area contributed by atoms with E-state index in [1.807, 2.05) is 0 Å². The monoisotopic (exact) mass is 370 g/mol. The van der Waals surface area contributed by atoms with Crippen molar-refractivity contribution < 1.29 is 18.3 Å². The molecule has 1 amide bonds. The molecule has 0 saturated carbocycles. The molecule has 1 N–H and O–H groups in total. The van der Waals surface area contributed by atoms with Crippen LogP contribution in [0.15, 0.2) is 42.7 Å². The average Bonchev–Trinajstić information content (AvgIpc) is 2.69. The molecular weight excluding hydrogens is 354 g/mol. The summed E-state index contributed by atoms with van der Waals surface area (Å²) in [4.78, 5) is 23.0. The van der Waals surface area contributed by atoms with Crippen molar-refractivity contribution in [2.45, 2.75) is 0 Å². The highest BCUT2D eigenvalue weighted by Crippen LogP contribution is 2.26. The molecule has 1 aromatic heterocycles. The molecule has 0 spiro atoms. The summed E-state index contributed by atoms with van der Waals surface area (Å²) in [5.74, 6) is -1.39. The average molecular weight is 370 g/mol. The Kier molecular flexibility index (Phi) is 4.64. The molecule has 3 aromatic rings. The lowest BCUT2D eigenvalue weighted by Crippen LogP contribution is -2.36. The predicted molar refractivity (Wildman–Crippen MR) is 96.9 cm³/mol. The number of benzene rings is 2. The Balaban J connectivity index is 1.62. The molecule has 8 heteroatoms. The molecule has 2 heterocycles. The number of hydrogen-bond acceptors (Lipinski definition) is 5. The quantitative estimate of drug-likeness (QED) is 0.768. The Bertz CT molecular complexity index is 1010. The molecule has 0 radical (unpaired) electrons. The molecule has 0 aliphatic carbocycles. The Morgan fingerprint density at radius 3 is 2.70 bits per heavy atom. The van der Waals surface area contributed by atoms with E-state index >= 15 is 0 Å². The highest BCUT2D eigenvalue weighted by Gasteiger charge is 2.17. The van der Waals surface area contributed by atoms with Gasteiger partial charge in [-0.05, 0) is 36.4 Å². The van der Waals surface area contributed by atoms with Crippen molar-refractivity contribution in [1.82, 2.24) is 9.97 Å². The van der Waals surface area contributed by atoms with Crippen molar-refractivity contribution in [1.29, 1.82) is 0 Å². The maximum Gasteiger partial charge on any atom is 0.258 e. The van der Waals surface area contributed by atoms with Gasteiger partial charge in [-0.3, -0.25) is 4.79 Å². The number of nitrogens with one attached hydrogen (secondary N) is 1. The van der Waals surface area contributed by atoms with Gasteiger partial charge < -0.3 is 15.0 Å². The molecule has 27 heavy (non-hydrogen) atoms. The highest BCUT2D eigenvalue weighted by molar-refractivity contribution is 6.05. The normalized spacial score (nSPS) is 14.4. The topological polar surface area (TPSA) is 67.4 Å². The highest BCUT2D eigenvalue weighted by atomic mass is 19.1. The first-order valence-corrected chi connectivity index (χ1v) is 8.46. The molecule has 0 unspecified atom stereocenters. The van der Waals surface area contributed by atoms with Gasteiger partial charge in [-0.15, -0.1) is 0 Å². The lowest BCUT2D eigenvalue weighted by atomic mass is 10.1. The minimum Gasteiger partial charge on any atom is -0.378 e. The van der Waals surface area contributed by atoms with Gasteiger partial charge in [0.2, 0.25) is 0 Å². The number of hydrogen-bond donors (Lipinski definition) is 1. The Hall–Kier alpha value is -3.13. The largest absolute Gasteiger partial charge is 0.378 e. The number of carbonyl (C=O) groups is 1. The number of fused-ring (bicyclic) bond motifs is 1. The fraction of sp³-hybridized carbons (Fsp3) is 0.211. The number of anilines is 2. The zero-order valence-electron chi connectivity index (χ0n) is 14.3. The molecule has 1 saturated heterocycles. The second-order valence-corrected chi connectivity index (χ2v) is 6.11. The third kappa shape index (κ3) is 3.56. The summed E-state index contributed by atoms with van der Waals surface area (Å²) in [5.41, 5.74) is 0.721. The summed E-state index contributed by atoms with van der Waals surface area (Å²) in [6, 6.07) is 7.92. The lowest BCUT2D eigenvalue weighted by molar-refractivity contribution is 0.102. The van der Waals surface area contributed by atoms with Gasteiger partial charge in [0.25, 0.3) is 5.91 Å². The molecule has 138 valence electrons. The predicted octanol–water partition coefficient (Wildman–Crippen LogP) is 3.00. The molecule has 1 aliphatic rings. The minimum absolute atomic E-state index is 0.355. The minimum atomic E-state index is -0.786. The summed E-state index contributed by atoms with van der Waals surface area (Å²) in [6.07, 6.45) is 1.46. The van der Waals surface area contributed by atoms with E-state index in [4.69, 9.17) is 4.74 Å². The molecule has 4 rings (SSSR count). The van der Waals surface area contributed by atoms with E-state index in [1.165, 1.54) is 6.33 Å². The van der Waals surface area contributed by atoms with E-state index in [0.717, 1.165) is 42.5 Å². The van der Waals surface area contributed by atoms with E-state index in [0.29, 0.717) is 24.4 Å². The maximum absolute atomic E-state index is 13.8. The summed E-state index contributed by atoms with van der Waals surface area (Å²) < 4.78 is 32.4. The second-order valence-electron chi connectivity index (χ2n) is 6.11. The number of halogens is 2. The molecule has 0 bridgehead atoms. The van der Waals surface area contributed by atoms with Crippen LogP contribution in [0.5, 0.6) is 0 Å². The van der Waals surface area contributed by atoms with Crippen molar-refractivity contribution >= 4 is 28.3 Å². The zero-order chi connectivity index (χ0) is 18.8. The van der Waals surface area contributed by atoms with Crippen molar-refractivity contribution in [2.24, 2.45) is 0 Å². The summed E-state index contributed by atoms with van der Waals surface area (Å²) in [7, 11) is 0. The molecular formula is C19H16F2N4O2. The number of morpholine rings is 1. The fourth-order valence-electron chi connectivity index (χ4n) is 3.02. The SMILES string of the molecule is O=C(Nc1ccc2c(N3CCOCC3)ncnc2c1)c1cc(F)ccc1F. The van der Waals surface area contributed by atoms with Crippen LogP contribution >= 0.6 is 0 Å². The van der Waals surface area contributed by atoms with E-state index in [2.05, 4.69) is 20.2 Å².